The van der Waals surface area contributed by atoms with E-state index in [0.717, 1.165) is 44.1 Å². The highest BCUT2D eigenvalue weighted by molar-refractivity contribution is 7.20. The highest BCUT2D eigenvalue weighted by Crippen LogP contribution is 2.31. The summed E-state index contributed by atoms with van der Waals surface area (Å²) in [6, 6.07) is 17.5. The van der Waals surface area contributed by atoms with E-state index in [4.69, 9.17) is 10.7 Å². The topological polar surface area (TPSA) is 122 Å². The Morgan fingerprint density at radius 3 is 2.82 bits per heavy atom. The first kappa shape index (κ1) is 20.5. The number of fused-ring (bicyclic) bond motifs is 2. The Labute approximate surface area is 193 Å². The zero-order chi connectivity index (χ0) is 22.6. The summed E-state index contributed by atoms with van der Waals surface area (Å²) in [5.41, 5.74) is 9.82. The first-order chi connectivity index (χ1) is 16.1. The van der Waals surface area contributed by atoms with Crippen LogP contribution in [0.1, 0.15) is 16.3 Å². The second-order valence-electron chi connectivity index (χ2n) is 7.27. The number of rotatable bonds is 5. The summed E-state index contributed by atoms with van der Waals surface area (Å²) in [4.78, 5) is 28.4. The van der Waals surface area contributed by atoms with Crippen LogP contribution in [0.15, 0.2) is 60.9 Å². The lowest BCUT2D eigenvalue weighted by atomic mass is 10.1. The Bertz CT molecular complexity index is 1510. The lowest BCUT2D eigenvalue weighted by Gasteiger charge is -2.05. The third-order valence-electron chi connectivity index (χ3n) is 4.88. The average molecular weight is 454 g/mol. The fourth-order valence-corrected chi connectivity index (χ4v) is 4.35. The molecule has 0 spiro atoms. The predicted molar refractivity (Wildman–Crippen MR) is 131 cm³/mol. The van der Waals surface area contributed by atoms with E-state index in [2.05, 4.69) is 49.6 Å². The molecule has 5 rings (SSSR count). The van der Waals surface area contributed by atoms with E-state index in [9.17, 15) is 4.79 Å². The first-order valence-corrected chi connectivity index (χ1v) is 11.0. The maximum Gasteiger partial charge on any atom is 0.312 e. The van der Waals surface area contributed by atoms with Crippen molar-refractivity contribution in [1.29, 1.82) is 0 Å². The van der Waals surface area contributed by atoms with E-state index < -0.39 is 6.03 Å². The number of hydrogen-bond acceptors (Lipinski definition) is 6. The fraction of sp³-hybridized carbons (Fsp3) is 0.0833. The molecule has 0 atom stereocenters. The van der Waals surface area contributed by atoms with Crippen molar-refractivity contribution in [3.63, 3.8) is 0 Å². The van der Waals surface area contributed by atoms with E-state index in [0.29, 0.717) is 5.82 Å². The molecule has 0 bridgehead atoms. The van der Waals surface area contributed by atoms with Crippen LogP contribution in [-0.2, 0) is 6.42 Å². The molecule has 0 aliphatic carbocycles. The van der Waals surface area contributed by atoms with Gasteiger partial charge in [0, 0.05) is 12.1 Å². The number of carbonyl (C=O) groups is 1. The number of thiophene rings is 1. The van der Waals surface area contributed by atoms with Crippen molar-refractivity contribution in [2.75, 3.05) is 11.9 Å². The molecule has 0 fully saturated rings. The van der Waals surface area contributed by atoms with Crippen molar-refractivity contribution in [2.45, 2.75) is 6.42 Å². The van der Waals surface area contributed by atoms with Crippen LogP contribution in [0.3, 0.4) is 0 Å². The number of anilines is 2. The Morgan fingerprint density at radius 2 is 1.97 bits per heavy atom. The smallest absolute Gasteiger partial charge is 0.312 e. The summed E-state index contributed by atoms with van der Waals surface area (Å²) in [5, 5.41) is 5.83. The molecule has 9 heteroatoms. The summed E-state index contributed by atoms with van der Waals surface area (Å²) in [5.74, 6) is 7.52. The van der Waals surface area contributed by atoms with Gasteiger partial charge in [0.25, 0.3) is 0 Å². The maximum absolute atomic E-state index is 10.7. The van der Waals surface area contributed by atoms with Gasteiger partial charge in [-0.05, 0) is 29.8 Å². The second kappa shape index (κ2) is 8.98. The van der Waals surface area contributed by atoms with Gasteiger partial charge in [-0.25, -0.2) is 19.7 Å². The van der Waals surface area contributed by atoms with Crippen LogP contribution in [0.25, 0.3) is 21.3 Å². The number of aromatic amines is 1. The van der Waals surface area contributed by atoms with Crippen molar-refractivity contribution in [1.82, 2.24) is 25.3 Å². The second-order valence-corrected chi connectivity index (χ2v) is 8.32. The zero-order valence-corrected chi connectivity index (χ0v) is 18.2. The number of aromatic nitrogens is 4. The number of nitrogens with zero attached hydrogens (tertiary/aromatic N) is 3. The van der Waals surface area contributed by atoms with Gasteiger partial charge in [0.05, 0.1) is 32.7 Å². The van der Waals surface area contributed by atoms with Gasteiger partial charge < -0.3 is 21.4 Å². The highest BCUT2D eigenvalue weighted by atomic mass is 32.1. The monoisotopic (exact) mass is 453 g/mol. The molecule has 33 heavy (non-hydrogen) atoms. The van der Waals surface area contributed by atoms with Crippen LogP contribution in [0.5, 0.6) is 0 Å². The Kier molecular flexibility index (Phi) is 5.57. The number of H-pyrrole nitrogens is 1. The molecule has 3 heterocycles. The molecule has 162 valence electrons. The molecule has 8 nitrogen and oxygen atoms in total. The quantitative estimate of drug-likeness (QED) is 0.301. The molecule has 2 amide bonds. The number of urea groups is 1. The lowest BCUT2D eigenvalue weighted by Crippen LogP contribution is -2.29. The molecular formula is C24H19N7OS. The predicted octanol–water partition coefficient (Wildman–Crippen LogP) is 3.92. The van der Waals surface area contributed by atoms with Crippen molar-refractivity contribution in [2.24, 2.45) is 5.73 Å². The van der Waals surface area contributed by atoms with Crippen molar-refractivity contribution >= 4 is 50.1 Å². The maximum atomic E-state index is 10.7. The standard InChI is InChI=1S/C24H19N7OS/c25-24(32)26-10-4-7-17-13-20-22(33-17)23(28-14-27-20)29-16-8-9-18-19(12-16)31-21(30-18)11-15-5-2-1-3-6-15/h1-3,5-6,8-9,12-14H,10-11H2,(H,30,31)(H3,25,26,32)(H,27,28,29). The summed E-state index contributed by atoms with van der Waals surface area (Å²) >= 11 is 1.49. The van der Waals surface area contributed by atoms with Gasteiger partial charge in [0.2, 0.25) is 0 Å². The van der Waals surface area contributed by atoms with Crippen LogP contribution in [0, 0.1) is 11.8 Å². The number of benzene rings is 2. The number of primary amides is 1. The zero-order valence-electron chi connectivity index (χ0n) is 17.4. The van der Waals surface area contributed by atoms with E-state index >= 15 is 0 Å². The number of amides is 2. The molecule has 5 N–H and O–H groups in total. The molecule has 0 aliphatic heterocycles. The van der Waals surface area contributed by atoms with E-state index in [1.807, 2.05) is 42.5 Å². The first-order valence-electron chi connectivity index (χ1n) is 10.2. The van der Waals surface area contributed by atoms with Crippen molar-refractivity contribution in [3.05, 3.63) is 77.2 Å². The number of imidazole rings is 1. The van der Waals surface area contributed by atoms with E-state index in [-0.39, 0.29) is 6.54 Å². The third-order valence-corrected chi connectivity index (χ3v) is 5.93. The molecule has 0 unspecified atom stereocenters. The fourth-order valence-electron chi connectivity index (χ4n) is 3.42. The lowest BCUT2D eigenvalue weighted by molar-refractivity contribution is 0.250. The molecule has 3 aromatic heterocycles. The minimum atomic E-state index is -0.598. The van der Waals surface area contributed by atoms with Gasteiger partial charge in [0.1, 0.15) is 12.2 Å². The van der Waals surface area contributed by atoms with E-state index in [1.165, 1.54) is 23.2 Å². The van der Waals surface area contributed by atoms with Crippen LogP contribution >= 0.6 is 11.3 Å². The molecule has 0 aliphatic rings. The Balaban J connectivity index is 1.37. The van der Waals surface area contributed by atoms with Crippen molar-refractivity contribution in [3.8, 4) is 11.8 Å². The highest BCUT2D eigenvalue weighted by Gasteiger charge is 2.10. The molecule has 2 aromatic carbocycles. The summed E-state index contributed by atoms with van der Waals surface area (Å²) < 4.78 is 0.902. The van der Waals surface area contributed by atoms with Crippen LogP contribution < -0.4 is 16.4 Å². The molecule has 0 saturated carbocycles. The van der Waals surface area contributed by atoms with Crippen LogP contribution in [-0.4, -0.2) is 32.5 Å². The summed E-state index contributed by atoms with van der Waals surface area (Å²) in [7, 11) is 0. The normalized spacial score (nSPS) is 10.7. The number of nitrogens with two attached hydrogens (primary N) is 1. The number of nitrogens with one attached hydrogen (secondary N) is 3. The van der Waals surface area contributed by atoms with Gasteiger partial charge in [-0.15, -0.1) is 11.3 Å². The number of carbonyl (C=O) groups excluding carboxylic acids is 1. The van der Waals surface area contributed by atoms with Gasteiger partial charge >= 0.3 is 6.03 Å². The third kappa shape index (κ3) is 4.76. The van der Waals surface area contributed by atoms with Crippen molar-refractivity contribution < 1.29 is 4.79 Å². The van der Waals surface area contributed by atoms with Crippen LogP contribution in [0.2, 0.25) is 0 Å². The SMILES string of the molecule is NC(=O)NCC#Cc1cc2ncnc(Nc3ccc4nc(Cc5ccccc5)[nH]c4c3)c2s1. The largest absolute Gasteiger partial charge is 0.352 e. The Morgan fingerprint density at radius 1 is 1.09 bits per heavy atom. The van der Waals surface area contributed by atoms with Gasteiger partial charge in [0.15, 0.2) is 5.82 Å². The van der Waals surface area contributed by atoms with Gasteiger partial charge in [-0.3, -0.25) is 0 Å². The molecular weight excluding hydrogens is 434 g/mol. The van der Waals surface area contributed by atoms with E-state index in [1.54, 1.807) is 0 Å². The minimum absolute atomic E-state index is 0.191. The van der Waals surface area contributed by atoms with Gasteiger partial charge in [-0.2, -0.15) is 0 Å². The van der Waals surface area contributed by atoms with Gasteiger partial charge in [-0.1, -0.05) is 42.2 Å². The summed E-state index contributed by atoms with van der Waals surface area (Å²) in [6.07, 6.45) is 2.27. The Hall–Kier alpha value is -4.42. The average Bonchev–Trinajstić information content (AvgIpc) is 3.41. The molecule has 0 radical (unpaired) electrons. The minimum Gasteiger partial charge on any atom is -0.352 e. The molecule has 0 saturated heterocycles. The molecule has 5 aromatic rings. The summed E-state index contributed by atoms with van der Waals surface area (Å²) in [6.45, 7) is 0.191. The number of hydrogen-bond donors (Lipinski definition) is 4. The van der Waals surface area contributed by atoms with Crippen LogP contribution in [0.4, 0.5) is 16.3 Å².